The highest BCUT2D eigenvalue weighted by molar-refractivity contribution is 7.89. The van der Waals surface area contributed by atoms with Crippen LogP contribution >= 0.6 is 11.6 Å². The van der Waals surface area contributed by atoms with Gasteiger partial charge >= 0.3 is 0 Å². The summed E-state index contributed by atoms with van der Waals surface area (Å²) in [4.78, 5) is 11.9. The van der Waals surface area contributed by atoms with Crippen LogP contribution in [0.25, 0.3) is 0 Å². The zero-order valence-electron chi connectivity index (χ0n) is 11.9. The third-order valence-corrected chi connectivity index (χ3v) is 4.67. The quantitative estimate of drug-likeness (QED) is 0.835. The molecule has 0 aliphatic carbocycles. The Hall–Kier alpha value is -1.96. The predicted octanol–water partition coefficient (Wildman–Crippen LogP) is 2.79. The summed E-state index contributed by atoms with van der Waals surface area (Å²) in [6, 6.07) is 11.6. The number of carbonyl (C=O) groups is 1. The molecule has 2 N–H and O–H groups in total. The Labute approximate surface area is 138 Å². The predicted molar refractivity (Wildman–Crippen MR) is 86.3 cm³/mol. The van der Waals surface area contributed by atoms with Gasteiger partial charge < -0.3 is 5.32 Å². The number of anilines is 1. The van der Waals surface area contributed by atoms with Gasteiger partial charge in [-0.05, 0) is 30.3 Å². The van der Waals surface area contributed by atoms with Crippen LogP contribution in [-0.2, 0) is 14.8 Å². The number of carbonyl (C=O) groups excluding carboxylic acids is 1. The van der Waals surface area contributed by atoms with Crippen molar-refractivity contribution in [2.75, 3.05) is 11.9 Å². The van der Waals surface area contributed by atoms with Crippen molar-refractivity contribution in [2.24, 2.45) is 0 Å². The molecular formula is C15H14ClFN2O3S. The zero-order valence-corrected chi connectivity index (χ0v) is 13.5. The Kier molecular flexibility index (Phi) is 5.70. The maximum Gasteiger partial charge on any atom is 0.240 e. The van der Waals surface area contributed by atoms with Crippen molar-refractivity contribution in [1.82, 2.24) is 4.72 Å². The summed E-state index contributed by atoms with van der Waals surface area (Å²) < 4.78 is 39.3. The number of hydrogen-bond acceptors (Lipinski definition) is 3. The van der Waals surface area contributed by atoms with Crippen LogP contribution < -0.4 is 10.0 Å². The van der Waals surface area contributed by atoms with Gasteiger partial charge in [-0.25, -0.2) is 17.5 Å². The summed E-state index contributed by atoms with van der Waals surface area (Å²) in [5.74, 6) is -0.997. The summed E-state index contributed by atoms with van der Waals surface area (Å²) in [7, 11) is -3.64. The van der Waals surface area contributed by atoms with Crippen LogP contribution in [0, 0.1) is 5.82 Å². The van der Waals surface area contributed by atoms with Crippen molar-refractivity contribution in [2.45, 2.75) is 11.3 Å². The van der Waals surface area contributed by atoms with E-state index in [1.165, 1.54) is 24.3 Å². The molecule has 0 heterocycles. The minimum Gasteiger partial charge on any atom is -0.326 e. The molecule has 0 radical (unpaired) electrons. The second kappa shape index (κ2) is 7.54. The van der Waals surface area contributed by atoms with Crippen LogP contribution in [0.1, 0.15) is 6.42 Å². The van der Waals surface area contributed by atoms with Crippen molar-refractivity contribution in [3.8, 4) is 0 Å². The third kappa shape index (κ3) is 5.02. The second-order valence-electron chi connectivity index (χ2n) is 4.64. The van der Waals surface area contributed by atoms with Crippen LogP contribution in [0.4, 0.5) is 10.1 Å². The number of hydrogen-bond donors (Lipinski definition) is 2. The van der Waals surface area contributed by atoms with Gasteiger partial charge in [-0.15, -0.1) is 0 Å². The monoisotopic (exact) mass is 356 g/mol. The van der Waals surface area contributed by atoms with Gasteiger partial charge in [-0.1, -0.05) is 29.8 Å². The average molecular weight is 357 g/mol. The van der Waals surface area contributed by atoms with E-state index >= 15 is 0 Å². The van der Waals surface area contributed by atoms with Gasteiger partial charge in [-0.3, -0.25) is 4.79 Å². The third-order valence-electron chi connectivity index (χ3n) is 2.90. The van der Waals surface area contributed by atoms with Crippen LogP contribution in [0.2, 0.25) is 5.02 Å². The molecule has 1 amide bonds. The van der Waals surface area contributed by atoms with Gasteiger partial charge in [0.1, 0.15) is 5.82 Å². The zero-order chi connectivity index (χ0) is 16.9. The summed E-state index contributed by atoms with van der Waals surface area (Å²) in [6.07, 6.45) is -0.0684. The molecule has 0 fully saturated rings. The van der Waals surface area contributed by atoms with Crippen molar-refractivity contribution >= 4 is 33.2 Å². The first-order valence-electron chi connectivity index (χ1n) is 6.68. The summed E-state index contributed by atoms with van der Waals surface area (Å²) in [5, 5.41) is 2.41. The van der Waals surface area contributed by atoms with Gasteiger partial charge in [-0.2, -0.15) is 0 Å². The molecule has 2 rings (SSSR count). The smallest absolute Gasteiger partial charge is 0.240 e. The number of amides is 1. The molecule has 0 atom stereocenters. The van der Waals surface area contributed by atoms with E-state index in [0.29, 0.717) is 5.69 Å². The fourth-order valence-corrected chi connectivity index (χ4v) is 3.01. The van der Waals surface area contributed by atoms with Crippen molar-refractivity contribution < 1.29 is 17.6 Å². The fraction of sp³-hybridized carbons (Fsp3) is 0.133. The largest absolute Gasteiger partial charge is 0.326 e. The molecule has 23 heavy (non-hydrogen) atoms. The molecule has 0 saturated heterocycles. The summed E-state index contributed by atoms with van der Waals surface area (Å²) >= 11 is 5.61. The highest BCUT2D eigenvalue weighted by atomic mass is 35.5. The second-order valence-corrected chi connectivity index (χ2v) is 6.81. The molecule has 5 nitrogen and oxygen atoms in total. The van der Waals surface area contributed by atoms with Crippen LogP contribution in [0.3, 0.4) is 0 Å². The lowest BCUT2D eigenvalue weighted by atomic mass is 10.3. The molecule has 0 spiro atoms. The maximum atomic E-state index is 13.0. The SMILES string of the molecule is O=C(CCNS(=O)(=O)c1ccccc1)Nc1ccc(F)c(Cl)c1. The Morgan fingerprint density at radius 1 is 1.13 bits per heavy atom. The number of nitrogens with one attached hydrogen (secondary N) is 2. The van der Waals surface area contributed by atoms with E-state index in [-0.39, 0.29) is 22.9 Å². The molecule has 0 aliphatic heterocycles. The minimum atomic E-state index is -3.64. The molecular weight excluding hydrogens is 343 g/mol. The van der Waals surface area contributed by atoms with Gasteiger partial charge in [0.05, 0.1) is 9.92 Å². The molecule has 0 aliphatic rings. The normalized spacial score (nSPS) is 11.2. The topological polar surface area (TPSA) is 75.3 Å². The summed E-state index contributed by atoms with van der Waals surface area (Å²) in [5.41, 5.74) is 0.340. The van der Waals surface area contributed by atoms with Gasteiger partial charge in [0, 0.05) is 18.7 Å². The van der Waals surface area contributed by atoms with Gasteiger partial charge in [0.2, 0.25) is 15.9 Å². The van der Waals surface area contributed by atoms with Gasteiger partial charge in [0.15, 0.2) is 0 Å². The maximum absolute atomic E-state index is 13.0. The molecule has 122 valence electrons. The minimum absolute atomic E-state index is 0.0576. The van der Waals surface area contributed by atoms with E-state index in [1.807, 2.05) is 0 Å². The Morgan fingerprint density at radius 2 is 1.83 bits per heavy atom. The number of rotatable bonds is 6. The fourth-order valence-electron chi connectivity index (χ4n) is 1.78. The summed E-state index contributed by atoms with van der Waals surface area (Å²) in [6.45, 7) is -0.0576. The number of benzene rings is 2. The van der Waals surface area contributed by atoms with Crippen LogP contribution in [0.5, 0.6) is 0 Å². The molecule has 2 aromatic carbocycles. The Bertz CT molecular complexity index is 798. The van der Waals surface area contributed by atoms with E-state index in [4.69, 9.17) is 11.6 Å². The average Bonchev–Trinajstić information content (AvgIpc) is 2.52. The molecule has 8 heteroatoms. The first-order chi connectivity index (χ1) is 10.9. The van der Waals surface area contributed by atoms with Crippen LogP contribution in [-0.4, -0.2) is 20.9 Å². The Morgan fingerprint density at radius 3 is 2.48 bits per heavy atom. The molecule has 2 aromatic rings. The van der Waals surface area contributed by atoms with E-state index in [2.05, 4.69) is 10.0 Å². The number of halogens is 2. The van der Waals surface area contributed by atoms with Crippen molar-refractivity contribution in [3.05, 3.63) is 59.4 Å². The van der Waals surface area contributed by atoms with Crippen molar-refractivity contribution in [3.63, 3.8) is 0 Å². The van der Waals surface area contributed by atoms with E-state index in [0.717, 1.165) is 6.07 Å². The first-order valence-corrected chi connectivity index (χ1v) is 8.54. The van der Waals surface area contributed by atoms with E-state index in [9.17, 15) is 17.6 Å². The number of sulfonamides is 1. The lowest BCUT2D eigenvalue weighted by molar-refractivity contribution is -0.116. The highest BCUT2D eigenvalue weighted by Crippen LogP contribution is 2.19. The van der Waals surface area contributed by atoms with Crippen molar-refractivity contribution in [1.29, 1.82) is 0 Å². The molecule has 0 aromatic heterocycles. The van der Waals surface area contributed by atoms with E-state index in [1.54, 1.807) is 18.2 Å². The first kappa shape index (κ1) is 17.4. The molecule has 0 bridgehead atoms. The molecule has 0 unspecified atom stereocenters. The van der Waals surface area contributed by atoms with E-state index < -0.39 is 21.7 Å². The Balaban J connectivity index is 1.86. The standard InChI is InChI=1S/C15H14ClFN2O3S/c16-13-10-11(6-7-14(13)17)19-15(20)8-9-18-23(21,22)12-4-2-1-3-5-12/h1-7,10,18H,8-9H2,(H,19,20). The lowest BCUT2D eigenvalue weighted by Crippen LogP contribution is -2.27. The lowest BCUT2D eigenvalue weighted by Gasteiger charge is -2.08. The molecule has 0 saturated carbocycles. The van der Waals surface area contributed by atoms with Gasteiger partial charge in [0.25, 0.3) is 0 Å². The van der Waals surface area contributed by atoms with Crippen LogP contribution in [0.15, 0.2) is 53.4 Å². The highest BCUT2D eigenvalue weighted by Gasteiger charge is 2.13.